The van der Waals surface area contributed by atoms with E-state index in [0.29, 0.717) is 22.5 Å². The van der Waals surface area contributed by atoms with E-state index in [9.17, 15) is 4.79 Å². The fourth-order valence-electron chi connectivity index (χ4n) is 1.54. The summed E-state index contributed by atoms with van der Waals surface area (Å²) in [6.45, 7) is 0. The molecule has 8 heteroatoms. The van der Waals surface area contributed by atoms with Gasteiger partial charge in [0.2, 0.25) is 0 Å². The summed E-state index contributed by atoms with van der Waals surface area (Å²) in [4.78, 5) is 20.0. The quantitative estimate of drug-likeness (QED) is 0.722. The lowest BCUT2D eigenvalue weighted by Gasteiger charge is -1.98. The molecule has 6 nitrogen and oxygen atoms in total. The van der Waals surface area contributed by atoms with Crippen LogP contribution in [0.15, 0.2) is 45.4 Å². The molecule has 3 aromatic rings. The Morgan fingerprint density at radius 3 is 2.95 bits per heavy atom. The van der Waals surface area contributed by atoms with Crippen molar-refractivity contribution in [2.45, 2.75) is 10.8 Å². The van der Waals surface area contributed by atoms with E-state index in [1.807, 2.05) is 17.5 Å². The van der Waals surface area contributed by atoms with Gasteiger partial charge < -0.3 is 9.63 Å². The Labute approximate surface area is 127 Å². The van der Waals surface area contributed by atoms with E-state index in [1.165, 1.54) is 35.4 Å². The molecule has 0 saturated heterocycles. The summed E-state index contributed by atoms with van der Waals surface area (Å²) in [5.41, 5.74) is 0.166. The van der Waals surface area contributed by atoms with Gasteiger partial charge in [0.15, 0.2) is 5.82 Å². The van der Waals surface area contributed by atoms with Crippen LogP contribution in [-0.4, -0.2) is 26.2 Å². The third-order valence-corrected chi connectivity index (χ3v) is 4.33. The van der Waals surface area contributed by atoms with Crippen LogP contribution in [0.4, 0.5) is 0 Å². The lowest BCUT2D eigenvalue weighted by molar-refractivity contribution is 0.0696. The Balaban J connectivity index is 1.64. The number of aromatic carboxylic acids is 1. The number of nitrogens with zero attached hydrogens (tertiary/aromatic N) is 3. The number of carbonyl (C=O) groups is 1. The molecule has 0 bridgehead atoms. The zero-order chi connectivity index (χ0) is 14.7. The van der Waals surface area contributed by atoms with Gasteiger partial charge >= 0.3 is 5.97 Å². The molecule has 0 spiro atoms. The monoisotopic (exact) mass is 319 g/mol. The van der Waals surface area contributed by atoms with Crippen molar-refractivity contribution >= 4 is 29.1 Å². The molecule has 21 heavy (non-hydrogen) atoms. The lowest BCUT2D eigenvalue weighted by atomic mass is 10.3. The number of carboxylic acids is 1. The second-order valence-corrected chi connectivity index (χ2v) is 5.92. The molecule has 0 aromatic carbocycles. The molecule has 0 saturated carbocycles. The Hall–Kier alpha value is -2.19. The minimum Gasteiger partial charge on any atom is -0.478 e. The van der Waals surface area contributed by atoms with Gasteiger partial charge in [-0.3, -0.25) is 0 Å². The van der Waals surface area contributed by atoms with Crippen LogP contribution in [0.1, 0.15) is 16.2 Å². The van der Waals surface area contributed by atoms with Crippen LogP contribution in [-0.2, 0) is 5.75 Å². The number of pyridine rings is 1. The number of thiophene rings is 1. The molecule has 0 amide bonds. The van der Waals surface area contributed by atoms with Crippen LogP contribution < -0.4 is 0 Å². The van der Waals surface area contributed by atoms with Gasteiger partial charge in [-0.15, -0.1) is 11.3 Å². The van der Waals surface area contributed by atoms with Crippen molar-refractivity contribution in [3.8, 4) is 10.8 Å². The molecular weight excluding hydrogens is 310 g/mol. The molecule has 0 radical (unpaired) electrons. The highest BCUT2D eigenvalue weighted by atomic mass is 32.2. The average Bonchev–Trinajstić information content (AvgIpc) is 3.16. The van der Waals surface area contributed by atoms with Gasteiger partial charge in [-0.25, -0.2) is 9.78 Å². The molecule has 0 aliphatic carbocycles. The Morgan fingerprint density at radius 2 is 2.29 bits per heavy atom. The first kappa shape index (κ1) is 13.8. The largest absolute Gasteiger partial charge is 0.478 e. The van der Waals surface area contributed by atoms with Crippen LogP contribution in [0.5, 0.6) is 0 Å². The summed E-state index contributed by atoms with van der Waals surface area (Å²) < 4.78 is 5.19. The molecule has 3 aromatic heterocycles. The average molecular weight is 319 g/mol. The maximum Gasteiger partial charge on any atom is 0.337 e. The summed E-state index contributed by atoms with van der Waals surface area (Å²) in [6.07, 6.45) is 1.33. The lowest BCUT2D eigenvalue weighted by Crippen LogP contribution is -1.96. The minimum atomic E-state index is -0.988. The second kappa shape index (κ2) is 6.06. The highest BCUT2D eigenvalue weighted by Gasteiger charge is 2.10. The molecular formula is C13H9N3O3S2. The molecule has 0 unspecified atom stereocenters. The van der Waals surface area contributed by atoms with Crippen molar-refractivity contribution in [2.75, 3.05) is 0 Å². The fraction of sp³-hybridized carbons (Fsp3) is 0.0769. The highest BCUT2D eigenvalue weighted by molar-refractivity contribution is 7.98. The maximum atomic E-state index is 10.7. The number of hydrogen-bond acceptors (Lipinski definition) is 7. The van der Waals surface area contributed by atoms with Gasteiger partial charge in [0, 0.05) is 6.20 Å². The van der Waals surface area contributed by atoms with Crippen LogP contribution in [0.25, 0.3) is 10.8 Å². The van der Waals surface area contributed by atoms with Crippen molar-refractivity contribution in [1.29, 1.82) is 0 Å². The van der Waals surface area contributed by atoms with Crippen molar-refractivity contribution in [3.05, 3.63) is 47.2 Å². The fourth-order valence-corrected chi connectivity index (χ4v) is 2.87. The van der Waals surface area contributed by atoms with Crippen LogP contribution >= 0.6 is 23.1 Å². The smallest absolute Gasteiger partial charge is 0.337 e. The molecule has 3 rings (SSSR count). The predicted molar refractivity (Wildman–Crippen MR) is 78.4 cm³/mol. The maximum absolute atomic E-state index is 10.7. The normalized spacial score (nSPS) is 10.7. The van der Waals surface area contributed by atoms with Crippen LogP contribution in [0.2, 0.25) is 0 Å². The first-order valence-corrected chi connectivity index (χ1v) is 7.77. The van der Waals surface area contributed by atoms with Gasteiger partial charge in [0.25, 0.3) is 5.89 Å². The Bertz CT molecular complexity index is 738. The third-order valence-electron chi connectivity index (χ3n) is 2.53. The Morgan fingerprint density at radius 1 is 1.38 bits per heavy atom. The summed E-state index contributed by atoms with van der Waals surface area (Å²) in [6, 6.07) is 7.02. The van der Waals surface area contributed by atoms with Crippen LogP contribution in [0.3, 0.4) is 0 Å². The van der Waals surface area contributed by atoms with Crippen molar-refractivity contribution in [1.82, 2.24) is 15.1 Å². The number of rotatable bonds is 5. The van der Waals surface area contributed by atoms with E-state index in [-0.39, 0.29) is 5.56 Å². The molecule has 0 aliphatic heterocycles. The standard InChI is InChI=1S/C13H9N3O3S2/c17-13(18)8-3-4-11(14-6-8)21-7-10-15-12(19-16-10)9-2-1-5-20-9/h1-6H,7H2,(H,17,18). The minimum absolute atomic E-state index is 0.166. The molecule has 0 fully saturated rings. The van der Waals surface area contributed by atoms with Gasteiger partial charge in [0.1, 0.15) is 0 Å². The van der Waals surface area contributed by atoms with E-state index in [1.54, 1.807) is 6.07 Å². The van der Waals surface area contributed by atoms with Crippen molar-refractivity contribution in [2.24, 2.45) is 0 Å². The van der Waals surface area contributed by atoms with Gasteiger partial charge in [-0.05, 0) is 23.6 Å². The van der Waals surface area contributed by atoms with E-state index in [0.717, 1.165) is 4.88 Å². The summed E-state index contributed by atoms with van der Waals surface area (Å²) in [5.74, 6) is 0.606. The number of thioether (sulfide) groups is 1. The number of aromatic nitrogens is 3. The number of carboxylic acid groups (broad SMARTS) is 1. The van der Waals surface area contributed by atoms with Crippen LogP contribution in [0, 0.1) is 0 Å². The first-order chi connectivity index (χ1) is 10.2. The molecule has 3 heterocycles. The van der Waals surface area contributed by atoms with E-state index in [2.05, 4.69) is 15.1 Å². The van der Waals surface area contributed by atoms with Gasteiger partial charge in [-0.1, -0.05) is 23.0 Å². The number of hydrogen-bond donors (Lipinski definition) is 1. The van der Waals surface area contributed by atoms with Crippen molar-refractivity contribution < 1.29 is 14.4 Å². The second-order valence-electron chi connectivity index (χ2n) is 3.97. The van der Waals surface area contributed by atoms with Gasteiger partial charge in [-0.2, -0.15) is 4.98 Å². The predicted octanol–water partition coefficient (Wildman–Crippen LogP) is 3.18. The summed E-state index contributed by atoms with van der Waals surface area (Å²) in [5, 5.41) is 15.4. The van der Waals surface area contributed by atoms with Crippen molar-refractivity contribution in [3.63, 3.8) is 0 Å². The third kappa shape index (κ3) is 3.29. The zero-order valence-corrected chi connectivity index (χ0v) is 12.2. The first-order valence-electron chi connectivity index (χ1n) is 5.91. The van der Waals surface area contributed by atoms with Gasteiger partial charge in [0.05, 0.1) is 21.2 Å². The molecule has 0 aliphatic rings. The van der Waals surface area contributed by atoms with E-state index >= 15 is 0 Å². The summed E-state index contributed by atoms with van der Waals surface area (Å²) >= 11 is 2.96. The zero-order valence-electron chi connectivity index (χ0n) is 10.6. The highest BCUT2D eigenvalue weighted by Crippen LogP contribution is 2.25. The molecule has 0 atom stereocenters. The molecule has 106 valence electrons. The topological polar surface area (TPSA) is 89.1 Å². The van der Waals surface area contributed by atoms with E-state index < -0.39 is 5.97 Å². The molecule has 1 N–H and O–H groups in total. The Kier molecular flexibility index (Phi) is 3.98. The van der Waals surface area contributed by atoms with E-state index in [4.69, 9.17) is 9.63 Å². The summed E-state index contributed by atoms with van der Waals surface area (Å²) in [7, 11) is 0. The SMILES string of the molecule is O=C(O)c1ccc(SCc2noc(-c3cccs3)n2)nc1.